The first-order chi connectivity index (χ1) is 13.9. The molecule has 1 atom stereocenters. The summed E-state index contributed by atoms with van der Waals surface area (Å²) in [5, 5.41) is 9.04. The molecule has 3 rings (SSSR count). The largest absolute Gasteiger partial charge is 0.289 e. The predicted molar refractivity (Wildman–Crippen MR) is 107 cm³/mol. The van der Waals surface area contributed by atoms with Crippen LogP contribution in [0, 0.1) is 11.7 Å². The molecule has 1 aliphatic heterocycles. The number of sulfonamides is 1. The second kappa shape index (κ2) is 9.47. The van der Waals surface area contributed by atoms with E-state index in [1.54, 1.807) is 17.6 Å². The molecule has 0 bridgehead atoms. The van der Waals surface area contributed by atoms with E-state index in [0.717, 1.165) is 11.1 Å². The molecule has 2 N–H and O–H groups in total. The van der Waals surface area contributed by atoms with Gasteiger partial charge in [-0.15, -0.1) is 0 Å². The smallest absolute Gasteiger partial charge is 0.247 e. The molecule has 156 valence electrons. The van der Waals surface area contributed by atoms with E-state index in [4.69, 9.17) is 5.21 Å². The van der Waals surface area contributed by atoms with Gasteiger partial charge in [-0.3, -0.25) is 10.0 Å². The Morgan fingerprint density at radius 3 is 2.31 bits per heavy atom. The number of carbonyl (C=O) groups excluding carboxylic acids is 1. The summed E-state index contributed by atoms with van der Waals surface area (Å²) in [4.78, 5) is 12.1. The second-order valence-electron chi connectivity index (χ2n) is 7.37. The molecule has 1 unspecified atom stereocenters. The highest BCUT2D eigenvalue weighted by atomic mass is 32.2. The molecule has 2 aromatic carbocycles. The van der Waals surface area contributed by atoms with E-state index in [0.29, 0.717) is 25.9 Å². The third-order valence-electron chi connectivity index (χ3n) is 5.41. The maximum Gasteiger partial charge on any atom is 0.247 e. The summed E-state index contributed by atoms with van der Waals surface area (Å²) in [6.45, 7) is 0.701. The van der Waals surface area contributed by atoms with Crippen LogP contribution in [-0.2, 0) is 21.2 Å². The lowest BCUT2D eigenvalue weighted by Crippen LogP contribution is -2.43. The molecule has 2 aromatic rings. The van der Waals surface area contributed by atoms with Crippen LogP contribution in [0.2, 0.25) is 0 Å². The maximum absolute atomic E-state index is 13.1. The van der Waals surface area contributed by atoms with Crippen LogP contribution in [0.25, 0.3) is 0 Å². The molecule has 1 saturated heterocycles. The average molecular weight is 421 g/mol. The van der Waals surface area contributed by atoms with Crippen molar-refractivity contribution in [2.75, 3.05) is 18.8 Å². The van der Waals surface area contributed by atoms with Crippen molar-refractivity contribution in [3.8, 4) is 0 Å². The number of hydrogen-bond acceptors (Lipinski definition) is 4. The zero-order chi connectivity index (χ0) is 20.9. The molecule has 1 fully saturated rings. The van der Waals surface area contributed by atoms with Gasteiger partial charge in [0.25, 0.3) is 0 Å². The number of hydroxylamine groups is 1. The van der Waals surface area contributed by atoms with Gasteiger partial charge in [-0.2, -0.15) is 0 Å². The SMILES string of the molecule is O=C(NO)C(Cc1ccccc1)CS(=O)(=O)N1CCC(c2ccc(F)cc2)CC1. The van der Waals surface area contributed by atoms with Crippen molar-refractivity contribution < 1.29 is 22.8 Å². The minimum atomic E-state index is -3.67. The highest BCUT2D eigenvalue weighted by Gasteiger charge is 2.33. The summed E-state index contributed by atoms with van der Waals surface area (Å²) < 4.78 is 40.3. The van der Waals surface area contributed by atoms with Crippen LogP contribution < -0.4 is 5.48 Å². The third kappa shape index (κ3) is 5.62. The number of amides is 1. The Bertz CT molecular complexity index is 911. The van der Waals surface area contributed by atoms with Crippen molar-refractivity contribution in [2.45, 2.75) is 25.2 Å². The number of hydrogen-bond donors (Lipinski definition) is 2. The Morgan fingerprint density at radius 2 is 1.72 bits per heavy atom. The summed E-state index contributed by atoms with van der Waals surface area (Å²) in [5.41, 5.74) is 3.42. The van der Waals surface area contributed by atoms with Crippen LogP contribution in [-0.4, -0.2) is 42.7 Å². The number of rotatable bonds is 7. The topological polar surface area (TPSA) is 86.7 Å². The molecule has 0 radical (unpaired) electrons. The summed E-state index contributed by atoms with van der Waals surface area (Å²) in [6, 6.07) is 15.4. The molecule has 1 aliphatic rings. The summed E-state index contributed by atoms with van der Waals surface area (Å²) in [7, 11) is -3.67. The predicted octanol–water partition coefficient (Wildman–Crippen LogP) is 2.70. The Hall–Kier alpha value is -2.29. The summed E-state index contributed by atoms with van der Waals surface area (Å²) in [5.74, 6) is -2.07. The second-order valence-corrected chi connectivity index (χ2v) is 9.38. The zero-order valence-electron chi connectivity index (χ0n) is 16.0. The first-order valence-corrected chi connectivity index (χ1v) is 11.2. The molecule has 0 aliphatic carbocycles. The van der Waals surface area contributed by atoms with Gasteiger partial charge in [-0.25, -0.2) is 22.6 Å². The maximum atomic E-state index is 13.1. The van der Waals surface area contributed by atoms with Crippen molar-refractivity contribution in [2.24, 2.45) is 5.92 Å². The van der Waals surface area contributed by atoms with E-state index in [-0.39, 0.29) is 23.9 Å². The Labute approximate surface area is 170 Å². The highest BCUT2D eigenvalue weighted by molar-refractivity contribution is 7.89. The minimum Gasteiger partial charge on any atom is -0.289 e. The van der Waals surface area contributed by atoms with Crippen LogP contribution in [0.3, 0.4) is 0 Å². The average Bonchev–Trinajstić information content (AvgIpc) is 2.74. The number of benzene rings is 2. The Kier molecular flexibility index (Phi) is 7.00. The number of piperidine rings is 1. The van der Waals surface area contributed by atoms with Crippen molar-refractivity contribution in [1.82, 2.24) is 9.79 Å². The first kappa shape index (κ1) is 21.4. The van der Waals surface area contributed by atoms with E-state index in [2.05, 4.69) is 0 Å². The van der Waals surface area contributed by atoms with Gasteiger partial charge in [-0.05, 0) is 48.4 Å². The van der Waals surface area contributed by atoms with Crippen molar-refractivity contribution in [3.63, 3.8) is 0 Å². The van der Waals surface area contributed by atoms with E-state index in [9.17, 15) is 17.6 Å². The minimum absolute atomic E-state index is 0.183. The normalized spacial score (nSPS) is 17.0. The molecule has 0 saturated carbocycles. The van der Waals surface area contributed by atoms with E-state index in [1.165, 1.54) is 16.4 Å². The lowest BCUT2D eigenvalue weighted by Gasteiger charge is -2.32. The molecular weight excluding hydrogens is 395 g/mol. The first-order valence-electron chi connectivity index (χ1n) is 9.60. The molecule has 6 nitrogen and oxygen atoms in total. The molecule has 29 heavy (non-hydrogen) atoms. The number of halogens is 1. The van der Waals surface area contributed by atoms with E-state index in [1.807, 2.05) is 30.3 Å². The van der Waals surface area contributed by atoms with Crippen LogP contribution in [0.1, 0.15) is 29.9 Å². The zero-order valence-corrected chi connectivity index (χ0v) is 16.8. The molecule has 8 heteroatoms. The fourth-order valence-corrected chi connectivity index (χ4v) is 5.53. The van der Waals surface area contributed by atoms with Crippen LogP contribution in [0.5, 0.6) is 0 Å². The van der Waals surface area contributed by atoms with Crippen molar-refractivity contribution in [1.29, 1.82) is 0 Å². The van der Waals surface area contributed by atoms with Gasteiger partial charge < -0.3 is 0 Å². The lowest BCUT2D eigenvalue weighted by molar-refractivity contribution is -0.132. The van der Waals surface area contributed by atoms with Crippen LogP contribution in [0.4, 0.5) is 4.39 Å². The molecule has 0 aromatic heterocycles. The lowest BCUT2D eigenvalue weighted by atomic mass is 9.90. The number of nitrogens with zero attached hydrogens (tertiary/aromatic N) is 1. The van der Waals surface area contributed by atoms with Gasteiger partial charge in [0.15, 0.2) is 0 Å². The summed E-state index contributed by atoms with van der Waals surface area (Å²) >= 11 is 0. The third-order valence-corrected chi connectivity index (χ3v) is 7.38. The number of nitrogens with one attached hydrogen (secondary N) is 1. The van der Waals surface area contributed by atoms with E-state index >= 15 is 0 Å². The number of carbonyl (C=O) groups is 1. The Balaban J connectivity index is 1.64. The Morgan fingerprint density at radius 1 is 1.10 bits per heavy atom. The van der Waals surface area contributed by atoms with Crippen LogP contribution >= 0.6 is 0 Å². The van der Waals surface area contributed by atoms with Gasteiger partial charge in [0, 0.05) is 13.1 Å². The molecular formula is C21H25FN2O4S. The van der Waals surface area contributed by atoms with Crippen molar-refractivity contribution in [3.05, 3.63) is 71.5 Å². The van der Waals surface area contributed by atoms with Gasteiger partial charge in [-0.1, -0.05) is 42.5 Å². The van der Waals surface area contributed by atoms with Gasteiger partial charge >= 0.3 is 0 Å². The van der Waals surface area contributed by atoms with Crippen molar-refractivity contribution >= 4 is 15.9 Å². The fraction of sp³-hybridized carbons (Fsp3) is 0.381. The molecule has 1 heterocycles. The molecule has 0 spiro atoms. The summed E-state index contributed by atoms with van der Waals surface area (Å²) in [6.07, 6.45) is 1.50. The van der Waals surface area contributed by atoms with Gasteiger partial charge in [0.2, 0.25) is 15.9 Å². The van der Waals surface area contributed by atoms with Gasteiger partial charge in [0.1, 0.15) is 5.82 Å². The van der Waals surface area contributed by atoms with E-state index < -0.39 is 21.8 Å². The highest BCUT2D eigenvalue weighted by Crippen LogP contribution is 2.29. The molecule has 1 amide bonds. The quantitative estimate of drug-likeness (QED) is 0.533. The monoisotopic (exact) mass is 420 g/mol. The standard InChI is InChI=1S/C21H25FN2O4S/c22-20-8-6-17(7-9-20)18-10-12-24(13-11-18)29(27,28)15-19(21(25)23-26)14-16-4-2-1-3-5-16/h1-9,18-19,26H,10-15H2,(H,23,25). The van der Waals surface area contributed by atoms with Crippen LogP contribution in [0.15, 0.2) is 54.6 Å². The van der Waals surface area contributed by atoms with Gasteiger partial charge in [0.05, 0.1) is 11.7 Å². The fourth-order valence-electron chi connectivity index (χ4n) is 3.78.